The molecule has 468 valence electrons. The Kier molecular flexibility index (Phi) is 20.0. The number of aromatic hydroxyl groups is 3. The van der Waals surface area contributed by atoms with Crippen molar-refractivity contribution in [3.05, 3.63) is 82.5 Å². The second kappa shape index (κ2) is 26.7. The molecule has 25 atom stereocenters. The molecule has 3 aromatic carbocycles. The minimum absolute atomic E-state index is 0.0146. The third kappa shape index (κ3) is 13.4. The SMILES string of the molecule is CC1OC(Oc2cc(O)c3c(=O)c(OC4OC(COC5OC(C)C(OC(=O)C=Cc6ccc(O)cc6)C(OC6OC(CO)C(O)C(O)C6O)C5O)C(O)C(O)C4O)c(-c4ccc(O)cc4)oc3c2)C(O)C(OC2OC(CO)C(O)C(O)C2O)C1O. The first kappa shape index (κ1) is 63.7. The summed E-state index contributed by atoms with van der Waals surface area (Å²) in [6.45, 7) is 0.210. The van der Waals surface area contributed by atoms with Gasteiger partial charge in [-0.15, -0.1) is 0 Å². The van der Waals surface area contributed by atoms with Crippen LogP contribution in [-0.4, -0.2) is 266 Å². The molecule has 6 heterocycles. The first-order valence-corrected chi connectivity index (χ1v) is 26.6. The standard InChI is InChI=1S/C54H66O31/c1-18-32(61)47(83-51-40(69)37(66)33(62)27(15-55)79-51)43(72)54(75-18)77-24-13-25(59)31-26(14-24)78-46(21-6-10-23(58)11-7-21)48(36(31)65)84-53-42(71)39(68)35(64)29(81-53)17-74-50-44(73)49(85-52-41(70)38(67)34(63)28(16-56)80-52)45(19(2)76-50)82-30(60)12-5-20-3-8-22(57)9-4-20/h3-14,18-19,27-29,32-35,37-45,47,49-59,61-64,66-73H,15-17H2,1-2H3. The molecule has 0 spiro atoms. The van der Waals surface area contributed by atoms with Gasteiger partial charge >= 0.3 is 5.97 Å². The van der Waals surface area contributed by atoms with Gasteiger partial charge in [0.15, 0.2) is 30.7 Å². The summed E-state index contributed by atoms with van der Waals surface area (Å²) < 4.78 is 69.5. The Morgan fingerprint density at radius 1 is 0.529 bits per heavy atom. The molecule has 0 amide bonds. The molecule has 17 N–H and O–H groups in total. The summed E-state index contributed by atoms with van der Waals surface area (Å²) >= 11 is 0. The van der Waals surface area contributed by atoms with Gasteiger partial charge in [-0.05, 0) is 61.9 Å². The van der Waals surface area contributed by atoms with E-state index in [2.05, 4.69) is 0 Å². The average molecular weight is 1210 g/mol. The second-order valence-electron chi connectivity index (χ2n) is 20.8. The Morgan fingerprint density at radius 3 is 1.62 bits per heavy atom. The van der Waals surface area contributed by atoms with Crippen molar-refractivity contribution in [1.82, 2.24) is 0 Å². The van der Waals surface area contributed by atoms with E-state index in [9.17, 15) is 96.4 Å². The van der Waals surface area contributed by atoms with Crippen LogP contribution in [0.2, 0.25) is 0 Å². The first-order chi connectivity index (χ1) is 40.4. The van der Waals surface area contributed by atoms with E-state index in [1.54, 1.807) is 0 Å². The van der Waals surface area contributed by atoms with E-state index in [-0.39, 0.29) is 22.8 Å². The summed E-state index contributed by atoms with van der Waals surface area (Å²) in [6.07, 6.45) is -42.4. The number of carbonyl (C=O) groups excluding carboxylic acids is 1. The molecular formula is C54H66O31. The van der Waals surface area contributed by atoms with Gasteiger partial charge in [-0.1, -0.05) is 12.1 Å². The first-order valence-electron chi connectivity index (χ1n) is 26.6. The lowest BCUT2D eigenvalue weighted by Gasteiger charge is -2.46. The fourth-order valence-electron chi connectivity index (χ4n) is 10.1. The second-order valence-corrected chi connectivity index (χ2v) is 20.8. The molecule has 0 aliphatic carbocycles. The number of rotatable bonds is 17. The minimum atomic E-state index is -2.17. The van der Waals surface area contributed by atoms with Crippen LogP contribution in [0.15, 0.2) is 76.0 Å². The number of aliphatic hydroxyl groups excluding tert-OH is 14. The Balaban J connectivity index is 0.947. The van der Waals surface area contributed by atoms with Gasteiger partial charge in [0.1, 0.15) is 138 Å². The van der Waals surface area contributed by atoms with Crippen molar-refractivity contribution in [2.75, 3.05) is 19.8 Å². The van der Waals surface area contributed by atoms with Crippen LogP contribution in [0.1, 0.15) is 19.4 Å². The number of aliphatic hydroxyl groups is 14. The predicted molar refractivity (Wildman–Crippen MR) is 276 cm³/mol. The highest BCUT2D eigenvalue weighted by Gasteiger charge is 2.54. The van der Waals surface area contributed by atoms with E-state index in [0.717, 1.165) is 18.2 Å². The van der Waals surface area contributed by atoms with Crippen LogP contribution in [0, 0.1) is 0 Å². The number of hydrogen-bond acceptors (Lipinski definition) is 31. The molecule has 5 aliphatic heterocycles. The van der Waals surface area contributed by atoms with Crippen molar-refractivity contribution in [2.24, 2.45) is 0 Å². The summed E-state index contributed by atoms with van der Waals surface area (Å²) in [5.74, 6) is -3.72. The molecule has 1 aromatic heterocycles. The summed E-state index contributed by atoms with van der Waals surface area (Å²) in [6, 6.07) is 12.6. The molecule has 31 heteroatoms. The van der Waals surface area contributed by atoms with E-state index in [4.69, 9.17) is 56.5 Å². The van der Waals surface area contributed by atoms with Crippen molar-refractivity contribution in [3.63, 3.8) is 0 Å². The van der Waals surface area contributed by atoms with E-state index in [1.165, 1.54) is 68.5 Å². The molecule has 25 unspecified atom stereocenters. The molecule has 0 saturated carbocycles. The van der Waals surface area contributed by atoms with Crippen molar-refractivity contribution in [3.8, 4) is 40.1 Å². The number of benzene rings is 3. The molecule has 5 fully saturated rings. The van der Waals surface area contributed by atoms with Crippen molar-refractivity contribution in [2.45, 2.75) is 167 Å². The zero-order chi connectivity index (χ0) is 61.5. The van der Waals surface area contributed by atoms with E-state index in [1.807, 2.05) is 0 Å². The van der Waals surface area contributed by atoms with Gasteiger partial charge in [0.05, 0.1) is 32.0 Å². The Morgan fingerprint density at radius 2 is 1.04 bits per heavy atom. The van der Waals surface area contributed by atoms with Gasteiger partial charge in [0.25, 0.3) is 0 Å². The van der Waals surface area contributed by atoms with Crippen LogP contribution in [0.25, 0.3) is 28.4 Å². The Hall–Kier alpha value is -5.80. The van der Waals surface area contributed by atoms with E-state index >= 15 is 0 Å². The molecule has 5 saturated heterocycles. The summed E-state index contributed by atoms with van der Waals surface area (Å²) in [5, 5.41) is 181. The number of hydrogen-bond donors (Lipinski definition) is 17. The molecular weight excluding hydrogens is 1140 g/mol. The highest BCUT2D eigenvalue weighted by Crippen LogP contribution is 2.40. The van der Waals surface area contributed by atoms with Gasteiger partial charge < -0.3 is 143 Å². The monoisotopic (exact) mass is 1210 g/mol. The average Bonchev–Trinajstić information content (AvgIpc) is 1.55. The zero-order valence-corrected chi connectivity index (χ0v) is 44.8. The van der Waals surface area contributed by atoms with Gasteiger partial charge in [-0.3, -0.25) is 4.79 Å². The molecule has 0 bridgehead atoms. The van der Waals surface area contributed by atoms with Gasteiger partial charge in [0, 0.05) is 23.8 Å². The maximum atomic E-state index is 14.6. The predicted octanol–water partition coefficient (Wildman–Crippen LogP) is -5.27. The maximum absolute atomic E-state index is 14.6. The normalized spacial score (nSPS) is 38.9. The lowest BCUT2D eigenvalue weighted by Crippen LogP contribution is -2.65. The number of esters is 1. The highest BCUT2D eigenvalue weighted by atomic mass is 16.8. The van der Waals surface area contributed by atoms with E-state index in [0.29, 0.717) is 5.56 Å². The molecule has 31 nitrogen and oxygen atoms in total. The van der Waals surface area contributed by atoms with Crippen molar-refractivity contribution in [1.29, 1.82) is 0 Å². The third-order valence-electron chi connectivity index (χ3n) is 15.0. The van der Waals surface area contributed by atoms with Crippen LogP contribution in [0.3, 0.4) is 0 Å². The Bertz CT molecular complexity index is 2980. The van der Waals surface area contributed by atoms with Crippen LogP contribution in [-0.2, 0) is 47.4 Å². The van der Waals surface area contributed by atoms with Crippen molar-refractivity contribution < 1.29 is 148 Å². The fourth-order valence-corrected chi connectivity index (χ4v) is 10.1. The molecule has 0 radical (unpaired) electrons. The number of phenolic OH excluding ortho intramolecular Hbond substituents is 3. The topological polar surface area (TPSA) is 493 Å². The lowest BCUT2D eigenvalue weighted by molar-refractivity contribution is -0.361. The van der Waals surface area contributed by atoms with E-state index < -0.39 is 213 Å². The largest absolute Gasteiger partial charge is 0.508 e. The van der Waals surface area contributed by atoms with Crippen LogP contribution >= 0.6 is 0 Å². The quantitative estimate of drug-likeness (QED) is 0.0347. The Labute approximate surface area is 479 Å². The molecule has 5 aliphatic rings. The van der Waals surface area contributed by atoms with Crippen LogP contribution in [0.4, 0.5) is 0 Å². The summed E-state index contributed by atoms with van der Waals surface area (Å²) in [7, 11) is 0. The van der Waals surface area contributed by atoms with Crippen molar-refractivity contribution >= 4 is 23.0 Å². The summed E-state index contributed by atoms with van der Waals surface area (Å²) in [5.41, 5.74) is -1.09. The number of fused-ring (bicyclic) bond motifs is 1. The lowest BCUT2D eigenvalue weighted by atomic mass is 9.97. The number of phenols is 3. The number of ether oxygens (including phenoxy) is 11. The highest BCUT2D eigenvalue weighted by molar-refractivity contribution is 5.88. The maximum Gasteiger partial charge on any atom is 0.331 e. The third-order valence-corrected chi connectivity index (χ3v) is 15.0. The molecule has 85 heavy (non-hydrogen) atoms. The fraction of sp³-hybridized carbons (Fsp3) is 0.556. The smallest absolute Gasteiger partial charge is 0.331 e. The molecule has 9 rings (SSSR count). The van der Waals surface area contributed by atoms with Crippen LogP contribution < -0.4 is 14.9 Å². The number of carbonyl (C=O) groups is 1. The molecule has 4 aromatic rings. The van der Waals surface area contributed by atoms with Crippen LogP contribution in [0.5, 0.6) is 28.7 Å². The summed E-state index contributed by atoms with van der Waals surface area (Å²) in [4.78, 5) is 27.8. The van der Waals surface area contributed by atoms with Gasteiger partial charge in [-0.25, -0.2) is 4.79 Å². The zero-order valence-electron chi connectivity index (χ0n) is 44.8. The van der Waals surface area contributed by atoms with Gasteiger partial charge in [0.2, 0.25) is 23.8 Å². The van der Waals surface area contributed by atoms with Gasteiger partial charge in [-0.2, -0.15) is 0 Å². The minimum Gasteiger partial charge on any atom is -0.508 e.